The van der Waals surface area contributed by atoms with Gasteiger partial charge in [0.15, 0.2) is 0 Å². The van der Waals surface area contributed by atoms with Crippen LogP contribution in [0.4, 0.5) is 11.4 Å². The molecule has 4 rings (SSSR count). The minimum absolute atomic E-state index is 0.0555. The predicted molar refractivity (Wildman–Crippen MR) is 136 cm³/mol. The Hall–Kier alpha value is -3.80. The molecule has 0 aliphatic carbocycles. The van der Waals surface area contributed by atoms with Crippen molar-refractivity contribution >= 4 is 23.2 Å². The lowest BCUT2D eigenvalue weighted by molar-refractivity contribution is 0.0938. The summed E-state index contributed by atoms with van der Waals surface area (Å²) in [5.41, 5.74) is 5.16. The second kappa shape index (κ2) is 10.4. The number of carbonyl (C=O) groups is 2. The number of hydrogen-bond acceptors (Lipinski definition) is 4. The van der Waals surface area contributed by atoms with Gasteiger partial charge in [0, 0.05) is 36.1 Å². The van der Waals surface area contributed by atoms with Crippen LogP contribution in [-0.2, 0) is 13.0 Å². The Morgan fingerprint density at radius 2 is 1.74 bits per heavy atom. The smallest absolute Gasteiger partial charge is 0.255 e. The molecule has 3 aromatic carbocycles. The maximum absolute atomic E-state index is 13.2. The van der Waals surface area contributed by atoms with Crippen molar-refractivity contribution in [3.05, 3.63) is 89.0 Å². The molecule has 34 heavy (non-hydrogen) atoms. The topological polar surface area (TPSA) is 70.7 Å². The maximum atomic E-state index is 13.2. The van der Waals surface area contributed by atoms with Crippen LogP contribution < -0.4 is 20.3 Å². The van der Waals surface area contributed by atoms with Gasteiger partial charge < -0.3 is 20.3 Å². The molecule has 176 valence electrons. The first-order valence-electron chi connectivity index (χ1n) is 11.7. The van der Waals surface area contributed by atoms with Gasteiger partial charge in [-0.1, -0.05) is 31.2 Å². The van der Waals surface area contributed by atoms with Crippen molar-refractivity contribution in [3.8, 4) is 5.75 Å². The monoisotopic (exact) mass is 457 g/mol. The zero-order valence-corrected chi connectivity index (χ0v) is 19.9. The first-order valence-corrected chi connectivity index (χ1v) is 11.7. The number of hydrogen-bond donors (Lipinski definition) is 2. The number of nitrogens with one attached hydrogen (secondary N) is 2. The van der Waals surface area contributed by atoms with Crippen molar-refractivity contribution in [3.63, 3.8) is 0 Å². The molecule has 0 spiro atoms. The van der Waals surface area contributed by atoms with E-state index in [1.54, 1.807) is 37.4 Å². The first-order chi connectivity index (χ1) is 16.5. The highest BCUT2D eigenvalue weighted by molar-refractivity contribution is 6.06. The molecule has 3 aromatic rings. The molecule has 1 aliphatic heterocycles. The minimum atomic E-state index is -0.240. The molecule has 6 nitrogen and oxygen atoms in total. The summed E-state index contributed by atoms with van der Waals surface area (Å²) >= 11 is 0. The third kappa shape index (κ3) is 5.22. The quantitative estimate of drug-likeness (QED) is 0.522. The number of nitrogens with zero attached hydrogens (tertiary/aromatic N) is 1. The summed E-state index contributed by atoms with van der Waals surface area (Å²) in [6.07, 6.45) is 1.77. The Morgan fingerprint density at radius 3 is 2.44 bits per heavy atom. The van der Waals surface area contributed by atoms with E-state index in [0.29, 0.717) is 22.6 Å². The van der Waals surface area contributed by atoms with Crippen molar-refractivity contribution in [2.75, 3.05) is 23.9 Å². The van der Waals surface area contributed by atoms with Gasteiger partial charge in [0.05, 0.1) is 12.7 Å². The van der Waals surface area contributed by atoms with Crippen molar-refractivity contribution in [2.45, 2.75) is 39.3 Å². The van der Waals surface area contributed by atoms with Crippen LogP contribution in [0.15, 0.2) is 66.7 Å². The van der Waals surface area contributed by atoms with Crippen LogP contribution in [-0.4, -0.2) is 31.5 Å². The third-order valence-corrected chi connectivity index (χ3v) is 6.31. The van der Waals surface area contributed by atoms with Crippen LogP contribution >= 0.6 is 0 Å². The summed E-state index contributed by atoms with van der Waals surface area (Å²) in [5, 5.41) is 6.00. The summed E-state index contributed by atoms with van der Waals surface area (Å²) in [4.78, 5) is 28.3. The van der Waals surface area contributed by atoms with Crippen molar-refractivity contribution in [1.29, 1.82) is 0 Å². The second-order valence-electron chi connectivity index (χ2n) is 8.64. The maximum Gasteiger partial charge on any atom is 0.255 e. The number of benzene rings is 3. The zero-order valence-electron chi connectivity index (χ0n) is 19.9. The number of methoxy groups -OCH3 is 1. The average Bonchev–Trinajstić information content (AvgIpc) is 2.88. The van der Waals surface area contributed by atoms with Gasteiger partial charge in [-0.2, -0.15) is 0 Å². The van der Waals surface area contributed by atoms with Crippen LogP contribution in [0.1, 0.15) is 52.1 Å². The lowest BCUT2D eigenvalue weighted by Crippen LogP contribution is -2.35. The normalized spacial score (nSPS) is 13.6. The van der Waals surface area contributed by atoms with Crippen LogP contribution in [0.5, 0.6) is 5.75 Å². The molecule has 0 bridgehead atoms. The molecule has 0 fully saturated rings. The first kappa shape index (κ1) is 23.4. The van der Waals surface area contributed by atoms with Crippen molar-refractivity contribution in [2.24, 2.45) is 0 Å². The highest BCUT2D eigenvalue weighted by atomic mass is 16.5. The number of amides is 2. The lowest BCUT2D eigenvalue weighted by Gasteiger charge is -2.32. The minimum Gasteiger partial charge on any atom is -0.497 e. The van der Waals surface area contributed by atoms with Gasteiger partial charge in [-0.25, -0.2) is 0 Å². The average molecular weight is 458 g/mol. The molecule has 1 unspecified atom stereocenters. The number of anilines is 2. The van der Waals surface area contributed by atoms with Gasteiger partial charge in [-0.15, -0.1) is 0 Å². The van der Waals surface area contributed by atoms with Gasteiger partial charge in [0.2, 0.25) is 0 Å². The lowest BCUT2D eigenvalue weighted by atomic mass is 9.98. The molecular formula is C28H31N3O3. The van der Waals surface area contributed by atoms with E-state index < -0.39 is 0 Å². The van der Waals surface area contributed by atoms with Gasteiger partial charge >= 0.3 is 0 Å². The van der Waals surface area contributed by atoms with Crippen LogP contribution in [0.3, 0.4) is 0 Å². The van der Waals surface area contributed by atoms with Gasteiger partial charge in [0.25, 0.3) is 11.8 Å². The summed E-state index contributed by atoms with van der Waals surface area (Å²) in [6, 6.07) is 21.0. The van der Waals surface area contributed by atoms with Crippen molar-refractivity contribution in [1.82, 2.24) is 5.32 Å². The van der Waals surface area contributed by atoms with Crippen molar-refractivity contribution < 1.29 is 14.3 Å². The van der Waals surface area contributed by atoms with Gasteiger partial charge in [-0.3, -0.25) is 9.59 Å². The van der Waals surface area contributed by atoms with Gasteiger partial charge in [-0.05, 0) is 73.4 Å². The standard InChI is InChI=1S/C28H31N3O3/c1-4-19(2)29-28(33)25-17-23(30-27(32)21-9-12-24(34-3)13-10-21)11-14-26(25)31-16-15-20-7-5-6-8-22(20)18-31/h5-14,17,19H,4,15-16,18H2,1-3H3,(H,29,33)(H,30,32). The summed E-state index contributed by atoms with van der Waals surface area (Å²) in [5.74, 6) is 0.312. The SMILES string of the molecule is CCC(C)NC(=O)c1cc(NC(=O)c2ccc(OC)cc2)ccc1N1CCc2ccccc2C1. The van der Waals surface area contributed by atoms with Crippen LogP contribution in [0, 0.1) is 0 Å². The Bertz CT molecular complexity index is 1170. The molecule has 0 aromatic heterocycles. The Kier molecular flexibility index (Phi) is 7.16. The van der Waals surface area contributed by atoms with E-state index in [9.17, 15) is 9.59 Å². The molecule has 6 heteroatoms. The van der Waals surface area contributed by atoms with E-state index in [2.05, 4.69) is 39.8 Å². The Labute approximate surface area is 200 Å². The molecule has 2 N–H and O–H groups in total. The molecule has 0 saturated heterocycles. The van der Waals surface area contributed by atoms with E-state index in [1.807, 2.05) is 26.0 Å². The highest BCUT2D eigenvalue weighted by Crippen LogP contribution is 2.30. The van der Waals surface area contributed by atoms with E-state index in [-0.39, 0.29) is 17.9 Å². The van der Waals surface area contributed by atoms with Gasteiger partial charge in [0.1, 0.15) is 5.75 Å². The fraction of sp³-hybridized carbons (Fsp3) is 0.286. The zero-order chi connectivity index (χ0) is 24.1. The number of ether oxygens (including phenoxy) is 1. The third-order valence-electron chi connectivity index (χ3n) is 6.31. The molecule has 1 aliphatic rings. The molecule has 1 atom stereocenters. The van der Waals surface area contributed by atoms with E-state index in [0.717, 1.165) is 31.6 Å². The fourth-order valence-corrected chi connectivity index (χ4v) is 4.12. The fourth-order valence-electron chi connectivity index (χ4n) is 4.12. The summed E-state index contributed by atoms with van der Waals surface area (Å²) < 4.78 is 5.16. The largest absolute Gasteiger partial charge is 0.497 e. The Balaban J connectivity index is 1.61. The second-order valence-corrected chi connectivity index (χ2v) is 8.64. The Morgan fingerprint density at radius 1 is 1.00 bits per heavy atom. The van der Waals surface area contributed by atoms with E-state index in [4.69, 9.17) is 4.74 Å². The van der Waals surface area contributed by atoms with E-state index in [1.165, 1.54) is 11.1 Å². The predicted octanol–water partition coefficient (Wildman–Crippen LogP) is 5.04. The molecule has 1 heterocycles. The molecular weight excluding hydrogens is 426 g/mol. The molecule has 0 radical (unpaired) electrons. The highest BCUT2D eigenvalue weighted by Gasteiger charge is 2.22. The summed E-state index contributed by atoms with van der Waals surface area (Å²) in [7, 11) is 1.59. The summed E-state index contributed by atoms with van der Waals surface area (Å²) in [6.45, 7) is 5.61. The number of carbonyl (C=O) groups excluding carboxylic acids is 2. The number of rotatable bonds is 7. The number of fused-ring (bicyclic) bond motifs is 1. The molecule has 2 amide bonds. The van der Waals surface area contributed by atoms with Crippen LogP contribution in [0.25, 0.3) is 0 Å². The van der Waals surface area contributed by atoms with Crippen LogP contribution in [0.2, 0.25) is 0 Å². The van der Waals surface area contributed by atoms with E-state index >= 15 is 0 Å². The molecule has 0 saturated carbocycles.